The van der Waals surface area contributed by atoms with Gasteiger partial charge in [-0.3, -0.25) is 9.69 Å². The molecule has 2 aliphatic rings. The number of thiocarbonyl (C=S) groups is 1. The summed E-state index contributed by atoms with van der Waals surface area (Å²) < 4.78 is 30.3. The molecule has 3 heterocycles. The number of sulfonamides is 1. The number of benzene rings is 3. The predicted molar refractivity (Wildman–Crippen MR) is 167 cm³/mol. The van der Waals surface area contributed by atoms with E-state index in [0.29, 0.717) is 44.2 Å². The second kappa shape index (κ2) is 11.5. The maximum atomic E-state index is 13.5. The zero-order chi connectivity index (χ0) is 28.6. The molecule has 2 fully saturated rings. The third kappa shape index (κ3) is 5.62. The molecule has 1 amide bonds. The number of hydrogen-bond donors (Lipinski definition) is 0. The maximum absolute atomic E-state index is 13.5. The molecule has 0 aliphatic carbocycles. The van der Waals surface area contributed by atoms with E-state index in [1.54, 1.807) is 35.0 Å². The van der Waals surface area contributed by atoms with E-state index in [0.717, 1.165) is 24.1 Å². The number of rotatable bonds is 7. The number of hydrogen-bond acceptors (Lipinski definition) is 6. The molecule has 4 aromatic rings. The first-order chi connectivity index (χ1) is 19.8. The second-order valence-electron chi connectivity index (χ2n) is 9.71. The summed E-state index contributed by atoms with van der Waals surface area (Å²) in [7, 11) is -3.62. The average Bonchev–Trinajstić information content (AvgIpc) is 3.73. The highest BCUT2D eigenvalue weighted by Crippen LogP contribution is 2.37. The molecule has 208 valence electrons. The van der Waals surface area contributed by atoms with Crippen molar-refractivity contribution in [2.75, 3.05) is 13.1 Å². The van der Waals surface area contributed by atoms with E-state index in [9.17, 15) is 13.2 Å². The van der Waals surface area contributed by atoms with Gasteiger partial charge in [-0.15, -0.1) is 0 Å². The summed E-state index contributed by atoms with van der Waals surface area (Å²) in [6.45, 7) is 1.32. The van der Waals surface area contributed by atoms with Crippen molar-refractivity contribution in [3.63, 3.8) is 0 Å². The Hall–Kier alpha value is -3.28. The minimum Gasteiger partial charge on any atom is -0.288 e. The van der Waals surface area contributed by atoms with Gasteiger partial charge in [0.25, 0.3) is 5.91 Å². The van der Waals surface area contributed by atoms with Gasteiger partial charge in [0, 0.05) is 35.4 Å². The van der Waals surface area contributed by atoms with Crippen molar-refractivity contribution < 1.29 is 13.2 Å². The largest absolute Gasteiger partial charge is 0.288 e. The van der Waals surface area contributed by atoms with Crippen LogP contribution in [0.5, 0.6) is 0 Å². The zero-order valence-corrected chi connectivity index (χ0v) is 25.0. The van der Waals surface area contributed by atoms with Crippen molar-refractivity contribution in [2.24, 2.45) is 0 Å². The van der Waals surface area contributed by atoms with E-state index in [4.69, 9.17) is 28.9 Å². The van der Waals surface area contributed by atoms with E-state index in [-0.39, 0.29) is 17.3 Å². The maximum Gasteiger partial charge on any atom is 0.266 e. The van der Waals surface area contributed by atoms with Crippen LogP contribution in [0.3, 0.4) is 0 Å². The van der Waals surface area contributed by atoms with Crippen molar-refractivity contribution >= 4 is 61.9 Å². The Balaban J connectivity index is 1.39. The summed E-state index contributed by atoms with van der Waals surface area (Å²) in [4.78, 5) is 15.7. The molecule has 41 heavy (non-hydrogen) atoms. The summed E-state index contributed by atoms with van der Waals surface area (Å²) in [6, 6.07) is 23.8. The molecule has 0 unspecified atom stereocenters. The van der Waals surface area contributed by atoms with Crippen LogP contribution >= 0.6 is 35.6 Å². The van der Waals surface area contributed by atoms with Gasteiger partial charge in [0.2, 0.25) is 10.0 Å². The molecule has 0 atom stereocenters. The van der Waals surface area contributed by atoms with Crippen LogP contribution in [-0.2, 0) is 21.4 Å². The lowest BCUT2D eigenvalue weighted by molar-refractivity contribution is -0.122. The normalized spacial score (nSPS) is 17.2. The third-order valence-electron chi connectivity index (χ3n) is 7.02. The lowest BCUT2D eigenvalue weighted by atomic mass is 10.1. The Morgan fingerprint density at radius 1 is 0.976 bits per heavy atom. The molecule has 0 spiro atoms. The molecule has 0 saturated carbocycles. The minimum atomic E-state index is -3.62. The number of halogens is 1. The number of carbonyl (C=O) groups is 1. The molecular weight excluding hydrogens is 596 g/mol. The van der Waals surface area contributed by atoms with Gasteiger partial charge in [-0.05, 0) is 54.8 Å². The van der Waals surface area contributed by atoms with Crippen molar-refractivity contribution in [1.29, 1.82) is 0 Å². The average molecular weight is 621 g/mol. The van der Waals surface area contributed by atoms with Gasteiger partial charge in [0.15, 0.2) is 0 Å². The van der Waals surface area contributed by atoms with Crippen LogP contribution in [0.4, 0.5) is 0 Å². The highest BCUT2D eigenvalue weighted by Gasteiger charge is 2.33. The van der Waals surface area contributed by atoms with Crippen LogP contribution < -0.4 is 0 Å². The topological polar surface area (TPSA) is 75.5 Å². The van der Waals surface area contributed by atoms with E-state index < -0.39 is 10.0 Å². The first kappa shape index (κ1) is 27.9. The van der Waals surface area contributed by atoms with Gasteiger partial charge in [0.05, 0.1) is 22.0 Å². The first-order valence-corrected chi connectivity index (χ1v) is 16.1. The number of thioether (sulfide) groups is 1. The molecule has 1 aromatic heterocycles. The quantitative estimate of drug-likeness (QED) is 0.176. The predicted octanol–water partition coefficient (Wildman–Crippen LogP) is 6.38. The standard InChI is InChI=1S/C30H25ClN4O3S3/c31-26-14-5-4-9-22(26)19-34-29(36)27(40-30(34)39)18-23-20-35(24-11-2-1-3-12-24)32-28(23)21-10-8-13-25(17-21)41(37,38)33-15-6-7-16-33/h1-5,8-14,17-18,20H,6-7,15-16,19H2/b27-18-. The van der Waals surface area contributed by atoms with Crippen LogP contribution in [-0.4, -0.2) is 50.7 Å². The highest BCUT2D eigenvalue weighted by atomic mass is 35.5. The second-order valence-corrected chi connectivity index (χ2v) is 13.7. The van der Waals surface area contributed by atoms with Gasteiger partial charge >= 0.3 is 0 Å². The van der Waals surface area contributed by atoms with Gasteiger partial charge in [0.1, 0.15) is 10.0 Å². The fourth-order valence-electron chi connectivity index (χ4n) is 4.89. The number of amides is 1. The minimum absolute atomic E-state index is 0.219. The van der Waals surface area contributed by atoms with E-state index >= 15 is 0 Å². The molecule has 0 N–H and O–H groups in total. The molecule has 3 aromatic carbocycles. The van der Waals surface area contributed by atoms with E-state index in [2.05, 4.69) is 0 Å². The van der Waals surface area contributed by atoms with Gasteiger partial charge in [-0.2, -0.15) is 9.40 Å². The molecule has 0 bridgehead atoms. The molecule has 11 heteroatoms. The lowest BCUT2D eigenvalue weighted by Gasteiger charge is -2.16. The van der Waals surface area contributed by atoms with Crippen molar-refractivity contribution in [3.8, 4) is 16.9 Å². The van der Waals surface area contributed by atoms with Crippen LogP contribution in [0, 0.1) is 0 Å². The third-order valence-corrected chi connectivity index (χ3v) is 10.7. The summed E-state index contributed by atoms with van der Waals surface area (Å²) in [5.74, 6) is -0.219. The van der Waals surface area contributed by atoms with Crippen LogP contribution in [0.15, 0.2) is 94.9 Å². The number of aromatic nitrogens is 2. The van der Waals surface area contributed by atoms with Crippen LogP contribution in [0.1, 0.15) is 24.0 Å². The van der Waals surface area contributed by atoms with Gasteiger partial charge in [-0.1, -0.05) is 84.1 Å². The SMILES string of the molecule is O=C1/C(=C/c2cn(-c3ccccc3)nc2-c2cccc(S(=O)(=O)N3CCCC3)c2)SC(=S)N1Cc1ccccc1Cl. The lowest BCUT2D eigenvalue weighted by Crippen LogP contribution is -2.27. The monoisotopic (exact) mass is 620 g/mol. The Bertz CT molecular complexity index is 1780. The summed E-state index contributed by atoms with van der Waals surface area (Å²) in [5, 5.41) is 5.41. The molecule has 2 aliphatic heterocycles. The highest BCUT2D eigenvalue weighted by molar-refractivity contribution is 8.26. The fraction of sp³-hybridized carbons (Fsp3) is 0.167. The zero-order valence-electron chi connectivity index (χ0n) is 21.8. The van der Waals surface area contributed by atoms with E-state index in [1.165, 1.54) is 21.0 Å². The number of nitrogens with zero attached hydrogens (tertiary/aromatic N) is 4. The molecule has 6 rings (SSSR count). The van der Waals surface area contributed by atoms with Crippen molar-refractivity contribution in [2.45, 2.75) is 24.3 Å². The van der Waals surface area contributed by atoms with Crippen LogP contribution in [0.25, 0.3) is 23.0 Å². The Morgan fingerprint density at radius 3 is 2.46 bits per heavy atom. The smallest absolute Gasteiger partial charge is 0.266 e. The van der Waals surface area contributed by atoms with Crippen molar-refractivity contribution in [3.05, 3.63) is 106 Å². The Kier molecular flexibility index (Phi) is 7.84. The first-order valence-electron chi connectivity index (χ1n) is 13.1. The molecule has 7 nitrogen and oxygen atoms in total. The van der Waals surface area contributed by atoms with Gasteiger partial charge < -0.3 is 0 Å². The number of carbonyl (C=O) groups excluding carboxylic acids is 1. The van der Waals surface area contributed by atoms with Gasteiger partial charge in [-0.25, -0.2) is 13.1 Å². The molecular formula is C30H25ClN4O3S3. The summed E-state index contributed by atoms with van der Waals surface area (Å²) >= 11 is 13.1. The Labute approximate surface area is 253 Å². The van der Waals surface area contributed by atoms with Crippen molar-refractivity contribution in [1.82, 2.24) is 19.0 Å². The summed E-state index contributed by atoms with van der Waals surface area (Å²) in [6.07, 6.45) is 5.33. The van der Waals surface area contributed by atoms with E-state index in [1.807, 2.05) is 60.8 Å². The molecule has 2 saturated heterocycles. The fourth-order valence-corrected chi connectivity index (χ4v) is 7.89. The number of para-hydroxylation sites is 1. The summed E-state index contributed by atoms with van der Waals surface area (Å²) in [5.41, 5.74) is 3.50. The van der Waals surface area contributed by atoms with Crippen LogP contribution in [0.2, 0.25) is 5.02 Å². The molecule has 0 radical (unpaired) electrons. The Morgan fingerprint density at radius 2 is 1.71 bits per heavy atom.